The summed E-state index contributed by atoms with van der Waals surface area (Å²) in [5.41, 5.74) is 9.26. The number of nitrogen functional groups attached to an aromatic ring is 1. The summed E-state index contributed by atoms with van der Waals surface area (Å²) in [6, 6.07) is 9.97. The average molecular weight is 270 g/mol. The van der Waals surface area contributed by atoms with E-state index in [1.807, 2.05) is 32.0 Å². The van der Waals surface area contributed by atoms with Crippen LogP contribution in [0.15, 0.2) is 30.3 Å². The van der Waals surface area contributed by atoms with Gasteiger partial charge in [-0.2, -0.15) is 5.26 Å². The van der Waals surface area contributed by atoms with Crippen molar-refractivity contribution < 1.29 is 9.13 Å². The van der Waals surface area contributed by atoms with Crippen LogP contribution in [-0.4, -0.2) is 0 Å². The molecule has 2 N–H and O–H groups in total. The number of ether oxygens (including phenoxy) is 1. The first-order valence-electron chi connectivity index (χ1n) is 6.19. The molecule has 0 saturated heterocycles. The lowest BCUT2D eigenvalue weighted by molar-refractivity contribution is 0.305. The van der Waals surface area contributed by atoms with Crippen LogP contribution in [0, 0.1) is 31.0 Å². The van der Waals surface area contributed by atoms with Gasteiger partial charge >= 0.3 is 0 Å². The van der Waals surface area contributed by atoms with Gasteiger partial charge in [0.1, 0.15) is 24.2 Å². The van der Waals surface area contributed by atoms with Crippen molar-refractivity contribution in [2.24, 2.45) is 0 Å². The van der Waals surface area contributed by atoms with Gasteiger partial charge in [0.2, 0.25) is 0 Å². The number of benzene rings is 2. The average Bonchev–Trinajstić information content (AvgIpc) is 2.39. The molecule has 0 fully saturated rings. The fourth-order valence-corrected chi connectivity index (χ4v) is 2.09. The van der Waals surface area contributed by atoms with Crippen molar-refractivity contribution in [2.45, 2.75) is 20.5 Å². The molecule has 0 bridgehead atoms. The van der Waals surface area contributed by atoms with Crippen LogP contribution < -0.4 is 10.5 Å². The summed E-state index contributed by atoms with van der Waals surface area (Å²) in [4.78, 5) is 0. The lowest BCUT2D eigenvalue weighted by atomic mass is 10.1. The minimum absolute atomic E-state index is 0.0136. The van der Waals surface area contributed by atoms with Crippen LogP contribution in [0.2, 0.25) is 0 Å². The lowest BCUT2D eigenvalue weighted by Gasteiger charge is -2.13. The molecule has 0 spiro atoms. The monoisotopic (exact) mass is 270 g/mol. The van der Waals surface area contributed by atoms with Gasteiger partial charge in [-0.15, -0.1) is 0 Å². The van der Waals surface area contributed by atoms with Crippen molar-refractivity contribution in [3.8, 4) is 11.8 Å². The first-order valence-corrected chi connectivity index (χ1v) is 6.19. The molecule has 2 aromatic carbocycles. The van der Waals surface area contributed by atoms with Crippen molar-refractivity contribution in [3.05, 3.63) is 58.4 Å². The zero-order valence-electron chi connectivity index (χ0n) is 11.4. The predicted octanol–water partition coefficient (Wildman–Crippen LogP) is 3.48. The molecule has 0 saturated carbocycles. The quantitative estimate of drug-likeness (QED) is 0.869. The molecule has 0 unspecified atom stereocenters. The highest BCUT2D eigenvalue weighted by Gasteiger charge is 2.08. The Morgan fingerprint density at radius 3 is 2.65 bits per heavy atom. The highest BCUT2D eigenvalue weighted by Crippen LogP contribution is 2.28. The number of anilines is 1. The van der Waals surface area contributed by atoms with Gasteiger partial charge in [0.15, 0.2) is 0 Å². The smallest absolute Gasteiger partial charge is 0.145 e. The standard InChI is InChI=1S/C16H15FN2O/c1-10-5-11(2)16(15(19)6-10)20-9-12-3-4-14(17)13(7-12)8-18/h3-7H,9,19H2,1-2H3. The summed E-state index contributed by atoms with van der Waals surface area (Å²) in [5, 5.41) is 8.80. The number of hydrogen-bond donors (Lipinski definition) is 1. The van der Waals surface area contributed by atoms with E-state index in [0.717, 1.165) is 16.7 Å². The Morgan fingerprint density at radius 1 is 1.25 bits per heavy atom. The van der Waals surface area contributed by atoms with Crippen molar-refractivity contribution in [1.29, 1.82) is 5.26 Å². The van der Waals surface area contributed by atoms with Gasteiger partial charge in [-0.3, -0.25) is 0 Å². The van der Waals surface area contributed by atoms with E-state index in [2.05, 4.69) is 0 Å². The van der Waals surface area contributed by atoms with E-state index in [1.54, 1.807) is 6.07 Å². The van der Waals surface area contributed by atoms with E-state index in [-0.39, 0.29) is 12.2 Å². The molecule has 4 heteroatoms. The highest BCUT2D eigenvalue weighted by molar-refractivity contribution is 5.58. The van der Waals surface area contributed by atoms with E-state index < -0.39 is 5.82 Å². The van der Waals surface area contributed by atoms with Gasteiger partial charge in [-0.05, 0) is 48.7 Å². The second-order valence-electron chi connectivity index (χ2n) is 4.71. The molecule has 2 rings (SSSR count). The molecule has 20 heavy (non-hydrogen) atoms. The van der Waals surface area contributed by atoms with E-state index in [4.69, 9.17) is 15.7 Å². The maximum atomic E-state index is 13.2. The van der Waals surface area contributed by atoms with Gasteiger partial charge in [0, 0.05) is 0 Å². The van der Waals surface area contributed by atoms with Crippen LogP contribution in [0.5, 0.6) is 5.75 Å². The maximum absolute atomic E-state index is 13.2. The zero-order chi connectivity index (χ0) is 14.7. The van der Waals surface area contributed by atoms with Gasteiger partial charge in [0.25, 0.3) is 0 Å². The molecular weight excluding hydrogens is 255 g/mol. The Morgan fingerprint density at radius 2 is 2.00 bits per heavy atom. The van der Waals surface area contributed by atoms with Crippen LogP contribution >= 0.6 is 0 Å². The van der Waals surface area contributed by atoms with Gasteiger partial charge in [-0.25, -0.2) is 4.39 Å². The SMILES string of the molecule is Cc1cc(C)c(OCc2ccc(F)c(C#N)c2)c(N)c1. The molecule has 0 amide bonds. The van der Waals surface area contributed by atoms with E-state index in [9.17, 15) is 4.39 Å². The summed E-state index contributed by atoms with van der Waals surface area (Å²) in [5.74, 6) is 0.0979. The van der Waals surface area contributed by atoms with Crippen LogP contribution in [0.4, 0.5) is 10.1 Å². The largest absolute Gasteiger partial charge is 0.486 e. The minimum Gasteiger partial charge on any atom is -0.486 e. The molecule has 0 aliphatic carbocycles. The summed E-state index contributed by atoms with van der Waals surface area (Å²) in [6.07, 6.45) is 0. The molecule has 2 aromatic rings. The van der Waals surface area contributed by atoms with Gasteiger partial charge < -0.3 is 10.5 Å². The molecule has 0 heterocycles. The summed E-state index contributed by atoms with van der Waals surface area (Å²) >= 11 is 0. The molecule has 0 aliphatic rings. The van der Waals surface area contributed by atoms with Gasteiger partial charge in [0.05, 0.1) is 11.3 Å². The number of aryl methyl sites for hydroxylation is 2. The zero-order valence-corrected chi connectivity index (χ0v) is 11.4. The first kappa shape index (κ1) is 13.9. The minimum atomic E-state index is -0.526. The molecule has 0 aromatic heterocycles. The molecule has 102 valence electrons. The van der Waals surface area contributed by atoms with E-state index in [0.29, 0.717) is 11.4 Å². The first-order chi connectivity index (χ1) is 9.51. The molecular formula is C16H15FN2O. The number of halogens is 1. The number of hydrogen-bond acceptors (Lipinski definition) is 3. The Kier molecular flexibility index (Phi) is 3.90. The molecule has 0 radical (unpaired) electrons. The summed E-state index contributed by atoms with van der Waals surface area (Å²) < 4.78 is 18.9. The Labute approximate surface area is 117 Å². The third-order valence-electron chi connectivity index (χ3n) is 2.98. The maximum Gasteiger partial charge on any atom is 0.145 e. The van der Waals surface area contributed by atoms with Gasteiger partial charge in [-0.1, -0.05) is 12.1 Å². The van der Waals surface area contributed by atoms with Crippen molar-refractivity contribution in [3.63, 3.8) is 0 Å². The lowest BCUT2D eigenvalue weighted by Crippen LogP contribution is -2.02. The van der Waals surface area contributed by atoms with Crippen LogP contribution in [0.25, 0.3) is 0 Å². The summed E-state index contributed by atoms with van der Waals surface area (Å²) in [7, 11) is 0. The van der Waals surface area contributed by atoms with Crippen molar-refractivity contribution in [1.82, 2.24) is 0 Å². The number of nitrogens with zero attached hydrogens (tertiary/aromatic N) is 1. The van der Waals surface area contributed by atoms with Crippen LogP contribution in [-0.2, 0) is 6.61 Å². The highest BCUT2D eigenvalue weighted by atomic mass is 19.1. The number of nitrogens with two attached hydrogens (primary N) is 1. The Hall–Kier alpha value is -2.54. The van der Waals surface area contributed by atoms with Crippen LogP contribution in [0.3, 0.4) is 0 Å². The summed E-state index contributed by atoms with van der Waals surface area (Å²) in [6.45, 7) is 4.12. The van der Waals surface area contributed by atoms with E-state index >= 15 is 0 Å². The molecule has 3 nitrogen and oxygen atoms in total. The van der Waals surface area contributed by atoms with Crippen LogP contribution in [0.1, 0.15) is 22.3 Å². The third kappa shape index (κ3) is 2.89. The third-order valence-corrected chi connectivity index (χ3v) is 2.98. The molecule has 0 atom stereocenters. The Bertz CT molecular complexity index is 666. The second-order valence-corrected chi connectivity index (χ2v) is 4.71. The fourth-order valence-electron chi connectivity index (χ4n) is 2.09. The van der Waals surface area contributed by atoms with E-state index in [1.165, 1.54) is 12.1 Å². The number of rotatable bonds is 3. The normalized spacial score (nSPS) is 10.1. The fraction of sp³-hybridized carbons (Fsp3) is 0.188. The second kappa shape index (κ2) is 5.62. The Balaban J connectivity index is 2.20. The molecule has 0 aliphatic heterocycles. The predicted molar refractivity (Wildman–Crippen MR) is 75.8 cm³/mol. The van der Waals surface area contributed by atoms with Crippen molar-refractivity contribution in [2.75, 3.05) is 5.73 Å². The topological polar surface area (TPSA) is 59.0 Å². The van der Waals surface area contributed by atoms with Crippen molar-refractivity contribution >= 4 is 5.69 Å². The number of nitriles is 1.